The summed E-state index contributed by atoms with van der Waals surface area (Å²) in [6.45, 7) is 0.518. The molecule has 0 unspecified atom stereocenters. The second-order valence-electron chi connectivity index (χ2n) is 7.79. The van der Waals surface area contributed by atoms with Crippen LogP contribution in [0.2, 0.25) is 0 Å². The Morgan fingerprint density at radius 2 is 2.09 bits per heavy atom. The smallest absolute Gasteiger partial charge is 0.410 e. The van der Waals surface area contributed by atoms with E-state index >= 15 is 0 Å². The molecule has 2 amide bonds. The number of ether oxygens (including phenoxy) is 1. The Bertz CT molecular complexity index is 1250. The van der Waals surface area contributed by atoms with Crippen LogP contribution in [0.3, 0.4) is 0 Å². The number of nitrogens with one attached hydrogen (secondary N) is 2. The first-order valence-electron chi connectivity index (χ1n) is 10.4. The van der Waals surface area contributed by atoms with Gasteiger partial charge in [-0.3, -0.25) is 10.1 Å². The molecule has 1 aliphatic rings. The number of nitrogens with zero attached hydrogens (tertiary/aromatic N) is 2. The van der Waals surface area contributed by atoms with Gasteiger partial charge in [0.1, 0.15) is 11.8 Å². The molecule has 2 heterocycles. The van der Waals surface area contributed by atoms with Crippen molar-refractivity contribution in [2.24, 2.45) is 5.73 Å². The van der Waals surface area contributed by atoms with Crippen molar-refractivity contribution < 1.29 is 23.1 Å². The van der Waals surface area contributed by atoms with E-state index in [0.29, 0.717) is 13.0 Å². The van der Waals surface area contributed by atoms with Gasteiger partial charge < -0.3 is 20.4 Å². The summed E-state index contributed by atoms with van der Waals surface area (Å²) >= 11 is 0. The first-order chi connectivity index (χ1) is 15.9. The maximum absolute atomic E-state index is 13.3. The third-order valence-electron chi connectivity index (χ3n) is 5.56. The minimum Gasteiger partial charge on any atom is -0.410 e. The second-order valence-corrected chi connectivity index (χ2v) is 7.79. The van der Waals surface area contributed by atoms with Gasteiger partial charge >= 0.3 is 6.09 Å². The molecule has 0 aliphatic carbocycles. The monoisotopic (exact) mass is 453 g/mol. The van der Waals surface area contributed by atoms with Gasteiger partial charge in [-0.05, 0) is 55.2 Å². The van der Waals surface area contributed by atoms with Crippen LogP contribution in [-0.4, -0.2) is 40.5 Å². The number of nitriles is 1. The number of H-pyrrole nitrogens is 1. The first kappa shape index (κ1) is 22.2. The highest BCUT2D eigenvalue weighted by Gasteiger charge is 2.31. The van der Waals surface area contributed by atoms with E-state index in [9.17, 15) is 23.6 Å². The van der Waals surface area contributed by atoms with E-state index in [4.69, 9.17) is 10.5 Å². The molecule has 1 aromatic heterocycles. The van der Waals surface area contributed by atoms with Crippen LogP contribution in [0, 0.1) is 23.0 Å². The van der Waals surface area contributed by atoms with Crippen molar-refractivity contribution in [2.45, 2.75) is 31.3 Å². The van der Waals surface area contributed by atoms with Crippen LogP contribution in [0.4, 0.5) is 19.3 Å². The van der Waals surface area contributed by atoms with E-state index in [2.05, 4.69) is 16.4 Å². The minimum absolute atomic E-state index is 0.0457. The highest BCUT2D eigenvalue weighted by Crippen LogP contribution is 2.26. The lowest BCUT2D eigenvalue weighted by molar-refractivity contribution is -0.132. The van der Waals surface area contributed by atoms with Crippen molar-refractivity contribution in [3.05, 3.63) is 59.8 Å². The van der Waals surface area contributed by atoms with E-state index in [-0.39, 0.29) is 23.8 Å². The molecule has 170 valence electrons. The fourth-order valence-corrected chi connectivity index (χ4v) is 3.92. The summed E-state index contributed by atoms with van der Waals surface area (Å²) in [6, 6.07) is 8.73. The summed E-state index contributed by atoms with van der Waals surface area (Å²) in [6.07, 6.45) is 2.51. The Hall–Kier alpha value is -3.97. The number of aromatic amines is 1. The van der Waals surface area contributed by atoms with Crippen molar-refractivity contribution in [3.8, 4) is 11.8 Å². The Morgan fingerprint density at radius 3 is 2.85 bits per heavy atom. The Kier molecular flexibility index (Phi) is 6.24. The van der Waals surface area contributed by atoms with E-state index in [1.165, 1.54) is 11.0 Å². The molecule has 0 radical (unpaired) electrons. The number of likely N-dealkylation sites (tertiary alicyclic amines) is 1. The van der Waals surface area contributed by atoms with Crippen molar-refractivity contribution in [3.63, 3.8) is 0 Å². The SMILES string of the molecule is N#C[C@@H]1CCCN1C(=O)[C@H](N)Cc1c[nH]c2ccc(OC(=O)Nc3ccc(F)c(F)c3)cc12. The van der Waals surface area contributed by atoms with Crippen LogP contribution in [0.25, 0.3) is 10.9 Å². The van der Waals surface area contributed by atoms with Crippen molar-refractivity contribution in [1.29, 1.82) is 5.26 Å². The van der Waals surface area contributed by atoms with Gasteiger partial charge in [0.25, 0.3) is 0 Å². The lowest BCUT2D eigenvalue weighted by Gasteiger charge is -2.23. The van der Waals surface area contributed by atoms with E-state index in [1.54, 1.807) is 24.4 Å². The van der Waals surface area contributed by atoms with Gasteiger partial charge in [-0.15, -0.1) is 0 Å². The van der Waals surface area contributed by atoms with Crippen LogP contribution < -0.4 is 15.8 Å². The highest BCUT2D eigenvalue weighted by molar-refractivity contribution is 5.89. The largest absolute Gasteiger partial charge is 0.417 e. The van der Waals surface area contributed by atoms with Crippen LogP contribution in [-0.2, 0) is 11.2 Å². The standard InChI is InChI=1S/C23H21F2N5O3/c24-18-5-3-14(9-19(18)25)29-23(32)33-16-4-6-21-17(10-16)13(12-28-21)8-20(27)22(31)30-7-1-2-15(30)11-26/h3-6,9-10,12,15,20,28H,1-2,7-8,27H2,(H,29,32)/t15-,20+/m0/s1. The van der Waals surface area contributed by atoms with Crippen molar-refractivity contribution in [2.75, 3.05) is 11.9 Å². The number of nitrogens with two attached hydrogens (primary N) is 1. The molecular weight excluding hydrogens is 432 g/mol. The van der Waals surface area contributed by atoms with Gasteiger partial charge in [-0.25, -0.2) is 13.6 Å². The summed E-state index contributed by atoms with van der Waals surface area (Å²) in [7, 11) is 0. The molecule has 4 rings (SSSR count). The lowest BCUT2D eigenvalue weighted by atomic mass is 10.0. The van der Waals surface area contributed by atoms with Crippen molar-refractivity contribution >= 4 is 28.6 Å². The molecule has 10 heteroatoms. The first-order valence-corrected chi connectivity index (χ1v) is 10.4. The van der Waals surface area contributed by atoms with Gasteiger partial charge in [0.15, 0.2) is 11.6 Å². The number of hydrogen-bond donors (Lipinski definition) is 3. The van der Waals surface area contributed by atoms with Crippen LogP contribution >= 0.6 is 0 Å². The molecule has 0 spiro atoms. The number of benzene rings is 2. The number of anilines is 1. The summed E-state index contributed by atoms with van der Waals surface area (Å²) in [5.74, 6) is -2.17. The number of hydrogen-bond acceptors (Lipinski definition) is 5. The fourth-order valence-electron chi connectivity index (χ4n) is 3.92. The summed E-state index contributed by atoms with van der Waals surface area (Å²) in [4.78, 5) is 29.5. The molecule has 33 heavy (non-hydrogen) atoms. The number of rotatable bonds is 5. The molecule has 8 nitrogen and oxygen atoms in total. The van der Waals surface area contributed by atoms with E-state index in [1.807, 2.05) is 0 Å². The number of aromatic nitrogens is 1. The van der Waals surface area contributed by atoms with E-state index < -0.39 is 29.8 Å². The van der Waals surface area contributed by atoms with Gasteiger partial charge in [0.2, 0.25) is 5.91 Å². The summed E-state index contributed by atoms with van der Waals surface area (Å²) < 4.78 is 31.6. The Balaban J connectivity index is 1.45. The zero-order valence-electron chi connectivity index (χ0n) is 17.5. The Labute approximate surface area is 187 Å². The molecule has 2 aromatic carbocycles. The van der Waals surface area contributed by atoms with Crippen LogP contribution in [0.1, 0.15) is 18.4 Å². The molecule has 1 aliphatic heterocycles. The quantitative estimate of drug-likeness (QED) is 0.546. The number of halogens is 2. The van der Waals surface area contributed by atoms with Gasteiger partial charge in [0, 0.05) is 35.4 Å². The number of fused-ring (bicyclic) bond motifs is 1. The zero-order valence-corrected chi connectivity index (χ0v) is 17.5. The highest BCUT2D eigenvalue weighted by atomic mass is 19.2. The molecule has 1 fully saturated rings. The fraction of sp³-hybridized carbons (Fsp3) is 0.261. The molecule has 0 saturated carbocycles. The molecule has 4 N–H and O–H groups in total. The average molecular weight is 453 g/mol. The average Bonchev–Trinajstić information content (AvgIpc) is 3.42. The van der Waals surface area contributed by atoms with Gasteiger partial charge in [0.05, 0.1) is 12.1 Å². The molecule has 2 atom stereocenters. The predicted molar refractivity (Wildman–Crippen MR) is 116 cm³/mol. The normalized spacial score (nSPS) is 16.4. The molecule has 0 bridgehead atoms. The summed E-state index contributed by atoms with van der Waals surface area (Å²) in [5.41, 5.74) is 7.72. The lowest BCUT2D eigenvalue weighted by Crippen LogP contribution is -2.46. The van der Waals surface area contributed by atoms with Crippen molar-refractivity contribution in [1.82, 2.24) is 9.88 Å². The molecular formula is C23H21F2N5O3. The van der Waals surface area contributed by atoms with Crippen LogP contribution in [0.5, 0.6) is 5.75 Å². The Morgan fingerprint density at radius 1 is 1.27 bits per heavy atom. The van der Waals surface area contributed by atoms with E-state index in [0.717, 1.165) is 35.0 Å². The zero-order chi connectivity index (χ0) is 23.5. The topological polar surface area (TPSA) is 124 Å². The number of carbonyl (C=O) groups is 2. The third-order valence-corrected chi connectivity index (χ3v) is 5.56. The van der Waals surface area contributed by atoms with Gasteiger partial charge in [-0.2, -0.15) is 5.26 Å². The maximum atomic E-state index is 13.3. The van der Waals surface area contributed by atoms with Gasteiger partial charge in [-0.1, -0.05) is 0 Å². The number of carbonyl (C=O) groups excluding carboxylic acids is 2. The maximum Gasteiger partial charge on any atom is 0.417 e. The van der Waals surface area contributed by atoms with Crippen LogP contribution in [0.15, 0.2) is 42.6 Å². The third kappa shape index (κ3) is 4.78. The summed E-state index contributed by atoms with van der Waals surface area (Å²) in [5, 5.41) is 12.3. The second kappa shape index (κ2) is 9.26. The molecule has 3 aromatic rings. The number of amides is 2. The molecule has 1 saturated heterocycles. The minimum atomic E-state index is -1.09. The predicted octanol–water partition coefficient (Wildman–Crippen LogP) is 3.44.